The van der Waals surface area contributed by atoms with Gasteiger partial charge in [-0.1, -0.05) is 11.6 Å². The molecule has 3 aromatic rings. The number of hydrogen-bond acceptors (Lipinski definition) is 7. The molecule has 0 radical (unpaired) electrons. The van der Waals surface area contributed by atoms with E-state index in [4.69, 9.17) is 25.2 Å². The number of piperazine rings is 1. The van der Waals surface area contributed by atoms with Gasteiger partial charge in [0.15, 0.2) is 5.76 Å². The number of nitrogens with zero attached hydrogens (tertiary/aromatic N) is 4. The van der Waals surface area contributed by atoms with Crippen molar-refractivity contribution < 1.29 is 13.6 Å². The van der Waals surface area contributed by atoms with Crippen molar-refractivity contribution in [2.24, 2.45) is 0 Å². The van der Waals surface area contributed by atoms with Crippen LogP contribution in [0.4, 0.5) is 0 Å². The zero-order chi connectivity index (χ0) is 18.5. The molecular formula is C19H21ClN4O3. The zero-order valence-corrected chi connectivity index (χ0v) is 15.6. The van der Waals surface area contributed by atoms with Gasteiger partial charge in [0.05, 0.1) is 12.8 Å². The predicted molar refractivity (Wildman–Crippen MR) is 101 cm³/mol. The van der Waals surface area contributed by atoms with Crippen LogP contribution in [0.3, 0.4) is 0 Å². The Kier molecular flexibility index (Phi) is 5.72. The van der Waals surface area contributed by atoms with Gasteiger partial charge >= 0.3 is 0 Å². The van der Waals surface area contributed by atoms with Gasteiger partial charge in [-0.2, -0.15) is 0 Å². The topological polar surface area (TPSA) is 67.8 Å². The van der Waals surface area contributed by atoms with E-state index < -0.39 is 0 Å². The summed E-state index contributed by atoms with van der Waals surface area (Å²) >= 11 is 5.88. The quantitative estimate of drug-likeness (QED) is 0.615. The van der Waals surface area contributed by atoms with Gasteiger partial charge in [-0.05, 0) is 36.4 Å². The van der Waals surface area contributed by atoms with Crippen LogP contribution >= 0.6 is 11.6 Å². The first-order chi connectivity index (χ1) is 13.3. The van der Waals surface area contributed by atoms with Crippen LogP contribution < -0.4 is 4.74 Å². The Bertz CT molecular complexity index is 827. The summed E-state index contributed by atoms with van der Waals surface area (Å²) in [7, 11) is 0. The van der Waals surface area contributed by atoms with Crippen LogP contribution in [0.1, 0.15) is 5.89 Å². The molecule has 4 rings (SSSR count). The standard InChI is InChI=1S/C19H21ClN4O3/c20-15-3-5-16(6-4-15)25-13-11-23-7-9-24(10-8-23)14-18-21-22-19(27-18)17-2-1-12-26-17/h1-6,12H,7-11,13-14H2. The van der Waals surface area contributed by atoms with Crippen molar-refractivity contribution >= 4 is 11.6 Å². The highest BCUT2D eigenvalue weighted by Gasteiger charge is 2.19. The molecule has 27 heavy (non-hydrogen) atoms. The summed E-state index contributed by atoms with van der Waals surface area (Å²) in [5, 5.41) is 8.87. The Morgan fingerprint density at radius 2 is 1.78 bits per heavy atom. The molecule has 142 valence electrons. The second kappa shape index (κ2) is 8.56. The van der Waals surface area contributed by atoms with Gasteiger partial charge in [0, 0.05) is 37.7 Å². The van der Waals surface area contributed by atoms with Gasteiger partial charge in [-0.15, -0.1) is 10.2 Å². The lowest BCUT2D eigenvalue weighted by Gasteiger charge is -2.33. The summed E-state index contributed by atoms with van der Waals surface area (Å²) in [6, 6.07) is 11.1. The first kappa shape index (κ1) is 18.0. The van der Waals surface area contributed by atoms with Crippen molar-refractivity contribution in [1.29, 1.82) is 0 Å². The Balaban J connectivity index is 1.18. The summed E-state index contributed by atoms with van der Waals surface area (Å²) in [6.07, 6.45) is 1.59. The average Bonchev–Trinajstić information content (AvgIpc) is 3.36. The van der Waals surface area contributed by atoms with Crippen LogP contribution in [0, 0.1) is 0 Å². The molecule has 1 aromatic carbocycles. The monoisotopic (exact) mass is 388 g/mol. The van der Waals surface area contributed by atoms with E-state index in [9.17, 15) is 0 Å². The van der Waals surface area contributed by atoms with Crippen LogP contribution in [-0.4, -0.2) is 59.3 Å². The smallest absolute Gasteiger partial charge is 0.283 e. The normalized spacial score (nSPS) is 15.9. The minimum atomic E-state index is 0.424. The molecule has 0 N–H and O–H groups in total. The van der Waals surface area contributed by atoms with E-state index in [0.29, 0.717) is 30.7 Å². The molecule has 1 saturated heterocycles. The molecule has 0 saturated carbocycles. The molecule has 7 nitrogen and oxygen atoms in total. The first-order valence-electron chi connectivity index (χ1n) is 8.95. The van der Waals surface area contributed by atoms with E-state index in [-0.39, 0.29) is 0 Å². The number of aromatic nitrogens is 2. The molecule has 0 atom stereocenters. The second-order valence-electron chi connectivity index (χ2n) is 6.40. The lowest BCUT2D eigenvalue weighted by molar-refractivity contribution is 0.106. The molecular weight excluding hydrogens is 368 g/mol. The Morgan fingerprint density at radius 3 is 2.52 bits per heavy atom. The fourth-order valence-corrected chi connectivity index (χ4v) is 3.13. The third kappa shape index (κ3) is 4.88. The number of hydrogen-bond donors (Lipinski definition) is 0. The first-order valence-corrected chi connectivity index (χ1v) is 9.33. The fraction of sp³-hybridized carbons (Fsp3) is 0.368. The lowest BCUT2D eigenvalue weighted by atomic mass is 10.3. The zero-order valence-electron chi connectivity index (χ0n) is 14.9. The third-order valence-corrected chi connectivity index (χ3v) is 4.76. The molecule has 0 aliphatic carbocycles. The average molecular weight is 389 g/mol. The highest BCUT2D eigenvalue weighted by Crippen LogP contribution is 2.19. The van der Waals surface area contributed by atoms with Crippen molar-refractivity contribution in [3.05, 3.63) is 53.6 Å². The van der Waals surface area contributed by atoms with E-state index in [0.717, 1.165) is 43.5 Å². The summed E-state index contributed by atoms with van der Waals surface area (Å²) in [6.45, 7) is 6.12. The van der Waals surface area contributed by atoms with Gasteiger partial charge in [0.2, 0.25) is 5.89 Å². The highest BCUT2D eigenvalue weighted by molar-refractivity contribution is 6.30. The van der Waals surface area contributed by atoms with Crippen molar-refractivity contribution in [1.82, 2.24) is 20.0 Å². The molecule has 0 spiro atoms. The summed E-state index contributed by atoms with van der Waals surface area (Å²) in [5.41, 5.74) is 0. The molecule has 8 heteroatoms. The van der Waals surface area contributed by atoms with Gasteiger partial charge in [0.1, 0.15) is 12.4 Å². The SMILES string of the molecule is Clc1ccc(OCCN2CCN(Cc3nnc(-c4ccco4)o3)CC2)cc1. The van der Waals surface area contributed by atoms with Crippen LogP contribution in [-0.2, 0) is 6.54 Å². The van der Waals surface area contributed by atoms with Crippen LogP contribution in [0.2, 0.25) is 5.02 Å². The summed E-state index contributed by atoms with van der Waals surface area (Å²) in [5.74, 6) is 2.48. The number of furan rings is 1. The predicted octanol–water partition coefficient (Wildman–Crippen LogP) is 3.18. The molecule has 1 aliphatic heterocycles. The lowest BCUT2D eigenvalue weighted by Crippen LogP contribution is -2.47. The number of rotatable bonds is 7. The number of ether oxygens (including phenoxy) is 1. The summed E-state index contributed by atoms with van der Waals surface area (Å²) < 4.78 is 16.7. The van der Waals surface area contributed by atoms with E-state index in [1.165, 1.54) is 0 Å². The fourth-order valence-electron chi connectivity index (χ4n) is 3.00. The maximum Gasteiger partial charge on any atom is 0.283 e. The van der Waals surface area contributed by atoms with Crippen LogP contribution in [0.5, 0.6) is 5.75 Å². The Labute approximate surface area is 162 Å². The van der Waals surface area contributed by atoms with Gasteiger partial charge < -0.3 is 13.6 Å². The maximum atomic E-state index is 5.88. The number of benzene rings is 1. The minimum absolute atomic E-state index is 0.424. The van der Waals surface area contributed by atoms with Crippen LogP contribution in [0.15, 0.2) is 51.5 Å². The minimum Gasteiger partial charge on any atom is -0.492 e. The van der Waals surface area contributed by atoms with Gasteiger partial charge in [-0.3, -0.25) is 9.80 Å². The maximum absolute atomic E-state index is 5.88. The molecule has 1 aliphatic rings. The molecule has 0 bridgehead atoms. The van der Waals surface area contributed by atoms with Crippen molar-refractivity contribution in [2.75, 3.05) is 39.3 Å². The molecule has 2 aromatic heterocycles. The number of halogens is 1. The molecule has 3 heterocycles. The van der Waals surface area contributed by atoms with Crippen molar-refractivity contribution in [3.8, 4) is 17.4 Å². The van der Waals surface area contributed by atoms with E-state index in [1.807, 2.05) is 30.3 Å². The van der Waals surface area contributed by atoms with Crippen LogP contribution in [0.25, 0.3) is 11.7 Å². The summed E-state index contributed by atoms with van der Waals surface area (Å²) in [4.78, 5) is 4.71. The van der Waals surface area contributed by atoms with E-state index in [1.54, 1.807) is 12.3 Å². The Hall–Kier alpha value is -2.35. The van der Waals surface area contributed by atoms with E-state index in [2.05, 4.69) is 20.0 Å². The second-order valence-corrected chi connectivity index (χ2v) is 6.83. The largest absolute Gasteiger partial charge is 0.492 e. The van der Waals surface area contributed by atoms with Crippen molar-refractivity contribution in [3.63, 3.8) is 0 Å². The molecule has 0 unspecified atom stereocenters. The molecule has 1 fully saturated rings. The Morgan fingerprint density at radius 1 is 1.00 bits per heavy atom. The van der Waals surface area contributed by atoms with E-state index >= 15 is 0 Å². The van der Waals surface area contributed by atoms with Gasteiger partial charge in [-0.25, -0.2) is 0 Å². The highest BCUT2D eigenvalue weighted by atomic mass is 35.5. The third-order valence-electron chi connectivity index (χ3n) is 4.51. The molecule has 0 amide bonds. The van der Waals surface area contributed by atoms with Gasteiger partial charge in [0.25, 0.3) is 5.89 Å². The van der Waals surface area contributed by atoms with Crippen molar-refractivity contribution in [2.45, 2.75) is 6.54 Å².